The summed E-state index contributed by atoms with van der Waals surface area (Å²) < 4.78 is 0. The summed E-state index contributed by atoms with van der Waals surface area (Å²) in [6, 6.07) is 23.9. The number of amides is 1. The molecule has 0 atom stereocenters. The van der Waals surface area contributed by atoms with Crippen molar-refractivity contribution in [2.24, 2.45) is 5.10 Å². The molecule has 0 aliphatic heterocycles. The van der Waals surface area contributed by atoms with Gasteiger partial charge in [-0.25, -0.2) is 10.4 Å². The van der Waals surface area contributed by atoms with Crippen LogP contribution in [-0.2, 0) is 0 Å². The molecule has 4 aromatic rings. The summed E-state index contributed by atoms with van der Waals surface area (Å²) in [5.74, 6) is -0.247. The monoisotopic (exact) mass is 371 g/mol. The topological polar surface area (TPSA) is 54.4 Å². The van der Waals surface area contributed by atoms with Gasteiger partial charge >= 0.3 is 0 Å². The third-order valence-corrected chi connectivity index (χ3v) is 5.42. The molecular formula is C22H17N3OS. The van der Waals surface area contributed by atoms with Crippen LogP contribution in [0, 0.1) is 6.92 Å². The highest BCUT2D eigenvalue weighted by atomic mass is 32.1. The van der Waals surface area contributed by atoms with Crippen LogP contribution in [0.5, 0.6) is 0 Å². The fourth-order valence-corrected chi connectivity index (χ4v) is 3.85. The molecule has 4 rings (SSSR count). The number of hydrogen-bond acceptors (Lipinski definition) is 4. The van der Waals surface area contributed by atoms with Crippen LogP contribution < -0.4 is 5.43 Å². The normalized spacial score (nSPS) is 11.1. The molecule has 0 spiro atoms. The lowest BCUT2D eigenvalue weighted by Crippen LogP contribution is -2.17. The van der Waals surface area contributed by atoms with Crippen LogP contribution in [0.15, 0.2) is 77.9 Å². The summed E-state index contributed by atoms with van der Waals surface area (Å²) in [6.45, 7) is 1.84. The van der Waals surface area contributed by atoms with Gasteiger partial charge in [-0.05, 0) is 17.7 Å². The maximum atomic E-state index is 12.5. The lowest BCUT2D eigenvalue weighted by atomic mass is 10.1. The first-order chi connectivity index (χ1) is 13.2. The van der Waals surface area contributed by atoms with Crippen LogP contribution in [0.3, 0.4) is 0 Å². The van der Waals surface area contributed by atoms with E-state index in [2.05, 4.69) is 27.6 Å². The van der Waals surface area contributed by atoms with Gasteiger partial charge in [-0.1, -0.05) is 72.8 Å². The summed E-state index contributed by atoms with van der Waals surface area (Å²) in [4.78, 5) is 17.6. The molecule has 3 aromatic carbocycles. The zero-order chi connectivity index (χ0) is 18.6. The molecule has 132 valence electrons. The second-order valence-corrected chi connectivity index (χ2v) is 7.07. The fraction of sp³-hybridized carbons (Fsp3) is 0.0455. The minimum absolute atomic E-state index is 0.247. The standard InChI is InChI=1S/C22H17N3OS/c1-15-20(27-22(24-15)17-9-3-2-4-10-17)21(26)25-23-14-18-12-7-11-16-8-5-6-13-19(16)18/h2-14H,1H3,(H,25,26)/b23-14+. The summed E-state index contributed by atoms with van der Waals surface area (Å²) in [7, 11) is 0. The molecule has 0 radical (unpaired) electrons. The van der Waals surface area contributed by atoms with Gasteiger partial charge in [0.1, 0.15) is 9.88 Å². The van der Waals surface area contributed by atoms with Gasteiger partial charge in [0.25, 0.3) is 5.91 Å². The molecule has 0 aliphatic rings. The maximum Gasteiger partial charge on any atom is 0.283 e. The average molecular weight is 371 g/mol. The highest BCUT2D eigenvalue weighted by Crippen LogP contribution is 2.27. The molecule has 0 fully saturated rings. The number of fused-ring (bicyclic) bond motifs is 1. The smallest absolute Gasteiger partial charge is 0.266 e. The van der Waals surface area contributed by atoms with Crippen LogP contribution in [0.25, 0.3) is 21.3 Å². The number of carbonyl (C=O) groups excluding carboxylic acids is 1. The van der Waals surface area contributed by atoms with E-state index in [4.69, 9.17) is 0 Å². The Hall–Kier alpha value is -3.31. The summed E-state index contributed by atoms with van der Waals surface area (Å²) in [5.41, 5.74) is 5.29. The minimum atomic E-state index is -0.247. The number of nitrogens with one attached hydrogen (secondary N) is 1. The van der Waals surface area contributed by atoms with Gasteiger partial charge in [0.2, 0.25) is 0 Å². The van der Waals surface area contributed by atoms with Gasteiger partial charge in [0.15, 0.2) is 0 Å². The maximum absolute atomic E-state index is 12.5. The van der Waals surface area contributed by atoms with Gasteiger partial charge in [-0.2, -0.15) is 5.10 Å². The van der Waals surface area contributed by atoms with Crippen molar-refractivity contribution < 1.29 is 4.79 Å². The van der Waals surface area contributed by atoms with E-state index >= 15 is 0 Å². The van der Waals surface area contributed by atoms with Gasteiger partial charge in [-0.3, -0.25) is 4.79 Å². The lowest BCUT2D eigenvalue weighted by Gasteiger charge is -2.01. The van der Waals surface area contributed by atoms with Crippen molar-refractivity contribution in [3.8, 4) is 10.6 Å². The third-order valence-electron chi connectivity index (χ3n) is 4.22. The number of carbonyl (C=O) groups is 1. The van der Waals surface area contributed by atoms with Crippen LogP contribution in [0.1, 0.15) is 20.9 Å². The van der Waals surface area contributed by atoms with Crippen molar-refractivity contribution in [1.29, 1.82) is 0 Å². The number of thiazole rings is 1. The van der Waals surface area contributed by atoms with Crippen LogP contribution in [0.4, 0.5) is 0 Å². The predicted octanol–water partition coefficient (Wildman–Crippen LogP) is 5.04. The quantitative estimate of drug-likeness (QED) is 0.404. The molecule has 0 aliphatic carbocycles. The second kappa shape index (κ2) is 7.51. The molecule has 27 heavy (non-hydrogen) atoms. The van der Waals surface area contributed by atoms with E-state index in [-0.39, 0.29) is 5.91 Å². The van der Waals surface area contributed by atoms with Gasteiger partial charge in [-0.15, -0.1) is 11.3 Å². The Balaban J connectivity index is 1.53. The first-order valence-electron chi connectivity index (χ1n) is 8.56. The molecule has 1 N–H and O–H groups in total. The van der Waals surface area contributed by atoms with Crippen molar-refractivity contribution >= 4 is 34.2 Å². The number of aromatic nitrogens is 1. The summed E-state index contributed by atoms with van der Waals surface area (Å²) in [6.07, 6.45) is 1.68. The molecule has 0 saturated carbocycles. The second-order valence-electron chi connectivity index (χ2n) is 6.07. The summed E-state index contributed by atoms with van der Waals surface area (Å²) >= 11 is 1.37. The number of rotatable bonds is 4. The molecule has 5 heteroatoms. The van der Waals surface area contributed by atoms with E-state index in [9.17, 15) is 4.79 Å². The molecule has 0 bridgehead atoms. The van der Waals surface area contributed by atoms with Gasteiger partial charge in [0.05, 0.1) is 11.9 Å². The molecular weight excluding hydrogens is 354 g/mol. The fourth-order valence-electron chi connectivity index (χ4n) is 2.89. The molecule has 1 aromatic heterocycles. The number of aryl methyl sites for hydroxylation is 1. The van der Waals surface area contributed by atoms with Crippen molar-refractivity contribution in [3.63, 3.8) is 0 Å². The molecule has 0 saturated heterocycles. The molecule has 4 nitrogen and oxygen atoms in total. The minimum Gasteiger partial charge on any atom is -0.266 e. The predicted molar refractivity (Wildman–Crippen MR) is 111 cm³/mol. The lowest BCUT2D eigenvalue weighted by molar-refractivity contribution is 0.0958. The van der Waals surface area contributed by atoms with Crippen LogP contribution in [-0.4, -0.2) is 17.1 Å². The average Bonchev–Trinajstić information content (AvgIpc) is 3.10. The van der Waals surface area contributed by atoms with E-state index in [1.165, 1.54) is 11.3 Å². The van der Waals surface area contributed by atoms with E-state index in [0.717, 1.165) is 26.9 Å². The number of hydrogen-bond donors (Lipinski definition) is 1. The Labute approximate surface area is 161 Å². The Morgan fingerprint density at radius 3 is 2.59 bits per heavy atom. The number of benzene rings is 3. The number of hydrazone groups is 1. The Bertz CT molecular complexity index is 1130. The molecule has 1 amide bonds. The first-order valence-corrected chi connectivity index (χ1v) is 9.38. The van der Waals surface area contributed by atoms with Crippen molar-refractivity contribution in [2.45, 2.75) is 6.92 Å². The largest absolute Gasteiger partial charge is 0.283 e. The SMILES string of the molecule is Cc1nc(-c2ccccc2)sc1C(=O)N/N=C/c1cccc2ccccc12. The highest BCUT2D eigenvalue weighted by Gasteiger charge is 2.15. The Kier molecular flexibility index (Phi) is 4.77. The van der Waals surface area contributed by atoms with Crippen LogP contribution >= 0.6 is 11.3 Å². The van der Waals surface area contributed by atoms with E-state index in [1.807, 2.05) is 67.6 Å². The van der Waals surface area contributed by atoms with Crippen molar-refractivity contribution in [3.05, 3.63) is 88.9 Å². The zero-order valence-electron chi connectivity index (χ0n) is 14.7. The third kappa shape index (κ3) is 3.64. The Morgan fingerprint density at radius 2 is 1.74 bits per heavy atom. The molecule has 0 unspecified atom stereocenters. The first kappa shape index (κ1) is 17.1. The van der Waals surface area contributed by atoms with Gasteiger partial charge < -0.3 is 0 Å². The summed E-state index contributed by atoms with van der Waals surface area (Å²) in [5, 5.41) is 7.21. The zero-order valence-corrected chi connectivity index (χ0v) is 15.5. The highest BCUT2D eigenvalue weighted by molar-refractivity contribution is 7.17. The van der Waals surface area contributed by atoms with E-state index in [0.29, 0.717) is 10.6 Å². The number of nitrogens with zero attached hydrogens (tertiary/aromatic N) is 2. The van der Waals surface area contributed by atoms with E-state index in [1.54, 1.807) is 6.21 Å². The van der Waals surface area contributed by atoms with Crippen molar-refractivity contribution in [2.75, 3.05) is 0 Å². The van der Waals surface area contributed by atoms with E-state index < -0.39 is 0 Å². The Morgan fingerprint density at radius 1 is 1.00 bits per heavy atom. The van der Waals surface area contributed by atoms with Crippen molar-refractivity contribution in [1.82, 2.24) is 10.4 Å². The molecule has 1 heterocycles. The van der Waals surface area contributed by atoms with Gasteiger partial charge in [0, 0.05) is 11.1 Å². The van der Waals surface area contributed by atoms with Crippen LogP contribution in [0.2, 0.25) is 0 Å².